The van der Waals surface area contributed by atoms with Gasteiger partial charge in [0.15, 0.2) is 0 Å². The maximum Gasteiger partial charge on any atom is 0.125 e. The van der Waals surface area contributed by atoms with Gasteiger partial charge in [0.1, 0.15) is 5.82 Å². The van der Waals surface area contributed by atoms with E-state index in [1.165, 1.54) is 30.0 Å². The van der Waals surface area contributed by atoms with Crippen LogP contribution in [0.3, 0.4) is 0 Å². The number of anilines is 1. The van der Waals surface area contributed by atoms with Gasteiger partial charge in [-0.3, -0.25) is 0 Å². The molecular weight excluding hydrogens is 297 g/mol. The van der Waals surface area contributed by atoms with Gasteiger partial charge in [-0.25, -0.2) is 4.39 Å². The number of fused-ring (bicyclic) bond motifs is 1. The topological polar surface area (TPSA) is 3.24 Å². The van der Waals surface area contributed by atoms with Crippen molar-refractivity contribution in [1.29, 1.82) is 0 Å². The second-order valence-corrected chi connectivity index (χ2v) is 6.75. The van der Waals surface area contributed by atoms with E-state index >= 15 is 0 Å². The third-order valence-corrected chi connectivity index (χ3v) is 5.15. The fourth-order valence-electron chi connectivity index (χ4n) is 3.52. The highest BCUT2D eigenvalue weighted by Gasteiger charge is 2.48. The van der Waals surface area contributed by atoms with E-state index in [9.17, 15) is 4.39 Å². The molecule has 0 bridgehead atoms. The predicted molar refractivity (Wildman–Crippen MR) is 90.0 cm³/mol. The Kier molecular flexibility index (Phi) is 3.05. The lowest BCUT2D eigenvalue weighted by Gasteiger charge is -2.32. The summed E-state index contributed by atoms with van der Waals surface area (Å²) < 4.78 is 13.5. The Hall–Kier alpha value is -1.80. The van der Waals surface area contributed by atoms with Gasteiger partial charge in [-0.1, -0.05) is 29.8 Å². The minimum Gasteiger partial charge on any atom is -0.370 e. The Morgan fingerprint density at radius 3 is 2.50 bits per heavy atom. The minimum absolute atomic E-state index is 0.144. The third-order valence-electron chi connectivity index (χ3n) is 4.90. The average Bonchev–Trinajstić information content (AvgIpc) is 3.30. The summed E-state index contributed by atoms with van der Waals surface area (Å²) in [6, 6.07) is 13.2. The van der Waals surface area contributed by atoms with E-state index in [1.807, 2.05) is 25.2 Å². The highest BCUT2D eigenvalue weighted by molar-refractivity contribution is 6.30. The number of halogens is 2. The summed E-state index contributed by atoms with van der Waals surface area (Å²) >= 11 is 6.01. The second-order valence-electron chi connectivity index (χ2n) is 6.32. The van der Waals surface area contributed by atoms with Crippen LogP contribution in [0.25, 0.3) is 6.08 Å². The van der Waals surface area contributed by atoms with Crippen molar-refractivity contribution in [2.75, 3.05) is 18.5 Å². The molecule has 1 heterocycles. The van der Waals surface area contributed by atoms with Gasteiger partial charge in [0, 0.05) is 29.7 Å². The molecule has 1 saturated carbocycles. The van der Waals surface area contributed by atoms with E-state index in [4.69, 9.17) is 11.6 Å². The molecule has 22 heavy (non-hydrogen) atoms. The summed E-state index contributed by atoms with van der Waals surface area (Å²) in [6.45, 7) is 0.846. The molecule has 0 atom stereocenters. The van der Waals surface area contributed by atoms with E-state index in [1.54, 1.807) is 6.07 Å². The van der Waals surface area contributed by atoms with Gasteiger partial charge in [-0.15, -0.1) is 0 Å². The highest BCUT2D eigenvalue weighted by Crippen LogP contribution is 2.55. The van der Waals surface area contributed by atoms with Crippen LogP contribution in [0, 0.1) is 5.82 Å². The molecule has 1 aliphatic carbocycles. The summed E-state index contributed by atoms with van der Waals surface area (Å²) in [7, 11) is 2.03. The lowest BCUT2D eigenvalue weighted by atomic mass is 9.84. The molecule has 0 unspecified atom stereocenters. The van der Waals surface area contributed by atoms with Crippen LogP contribution >= 0.6 is 11.6 Å². The molecule has 3 heteroatoms. The molecule has 1 aliphatic heterocycles. The first-order valence-electron chi connectivity index (χ1n) is 7.56. The highest BCUT2D eigenvalue weighted by atomic mass is 35.5. The summed E-state index contributed by atoms with van der Waals surface area (Å²) in [6.07, 6.45) is 4.59. The Labute approximate surface area is 135 Å². The number of benzene rings is 2. The Bertz CT molecular complexity index is 760. The molecule has 1 fully saturated rings. The molecule has 0 radical (unpaired) electrons. The first-order chi connectivity index (χ1) is 10.6. The van der Waals surface area contributed by atoms with Crippen LogP contribution in [0.5, 0.6) is 0 Å². The zero-order chi connectivity index (χ0) is 15.3. The molecule has 0 aromatic heterocycles. The smallest absolute Gasteiger partial charge is 0.125 e. The van der Waals surface area contributed by atoms with E-state index in [0.29, 0.717) is 0 Å². The van der Waals surface area contributed by atoms with Gasteiger partial charge < -0.3 is 4.90 Å². The van der Waals surface area contributed by atoms with Crippen LogP contribution in [0.4, 0.5) is 10.1 Å². The standard InChI is InChI=1S/C19H17ClFN/c1-22-12-15(10-13-2-7-17(21)11-18(13)22)19(8-9-19)14-3-5-16(20)6-4-14/h2-7,10-11H,8-9,12H2,1H3. The molecule has 0 amide bonds. The molecule has 0 N–H and O–H groups in total. The summed E-state index contributed by atoms with van der Waals surface area (Å²) in [4.78, 5) is 2.14. The lowest BCUT2D eigenvalue weighted by molar-refractivity contribution is 0.626. The van der Waals surface area contributed by atoms with Gasteiger partial charge in [0.25, 0.3) is 0 Å². The molecule has 2 aromatic carbocycles. The number of rotatable bonds is 2. The van der Waals surface area contributed by atoms with Crippen molar-refractivity contribution >= 4 is 23.4 Å². The average molecular weight is 314 g/mol. The summed E-state index contributed by atoms with van der Waals surface area (Å²) in [5.41, 5.74) is 4.96. The first kappa shape index (κ1) is 13.8. The van der Waals surface area contributed by atoms with Gasteiger partial charge >= 0.3 is 0 Å². The molecule has 2 aromatic rings. The number of hydrogen-bond donors (Lipinski definition) is 0. The van der Waals surface area contributed by atoms with Crippen molar-refractivity contribution in [1.82, 2.24) is 0 Å². The van der Waals surface area contributed by atoms with Crippen LogP contribution in [-0.2, 0) is 5.41 Å². The zero-order valence-electron chi connectivity index (χ0n) is 12.4. The van der Waals surface area contributed by atoms with Crippen LogP contribution in [0.2, 0.25) is 5.02 Å². The Morgan fingerprint density at radius 1 is 1.09 bits per heavy atom. The Morgan fingerprint density at radius 2 is 1.82 bits per heavy atom. The van der Waals surface area contributed by atoms with Crippen molar-refractivity contribution in [2.45, 2.75) is 18.3 Å². The SMILES string of the molecule is CN1CC(C2(c3ccc(Cl)cc3)CC2)=Cc2ccc(F)cc21. The van der Waals surface area contributed by atoms with Gasteiger partial charge in [0.05, 0.1) is 0 Å². The number of likely N-dealkylation sites (N-methyl/N-ethyl adjacent to an activating group) is 1. The minimum atomic E-state index is -0.179. The second kappa shape index (κ2) is 4.85. The third kappa shape index (κ3) is 2.14. The fourth-order valence-corrected chi connectivity index (χ4v) is 3.65. The van der Waals surface area contributed by atoms with E-state index in [2.05, 4.69) is 23.1 Å². The Balaban J connectivity index is 1.77. The van der Waals surface area contributed by atoms with Crippen molar-refractivity contribution in [3.05, 3.63) is 70.0 Å². The summed E-state index contributed by atoms with van der Waals surface area (Å²) in [5.74, 6) is -0.179. The van der Waals surface area contributed by atoms with Gasteiger partial charge in [0.2, 0.25) is 0 Å². The van der Waals surface area contributed by atoms with E-state index in [0.717, 1.165) is 22.8 Å². The zero-order valence-corrected chi connectivity index (χ0v) is 13.2. The van der Waals surface area contributed by atoms with Crippen molar-refractivity contribution < 1.29 is 4.39 Å². The maximum absolute atomic E-state index is 13.5. The molecule has 1 nitrogen and oxygen atoms in total. The van der Waals surface area contributed by atoms with Crippen molar-refractivity contribution in [2.24, 2.45) is 0 Å². The van der Waals surface area contributed by atoms with Gasteiger partial charge in [-0.05, 0) is 59.9 Å². The van der Waals surface area contributed by atoms with Crippen molar-refractivity contribution in [3.8, 4) is 0 Å². The molecule has 112 valence electrons. The van der Waals surface area contributed by atoms with Gasteiger partial charge in [-0.2, -0.15) is 0 Å². The number of nitrogens with zero attached hydrogens (tertiary/aromatic N) is 1. The van der Waals surface area contributed by atoms with Crippen LogP contribution in [-0.4, -0.2) is 13.6 Å². The molecule has 2 aliphatic rings. The maximum atomic E-state index is 13.5. The van der Waals surface area contributed by atoms with Crippen LogP contribution in [0.1, 0.15) is 24.0 Å². The molecule has 0 saturated heterocycles. The molecular formula is C19H17ClFN. The molecule has 0 spiro atoms. The van der Waals surface area contributed by atoms with Crippen molar-refractivity contribution in [3.63, 3.8) is 0 Å². The summed E-state index contributed by atoms with van der Waals surface area (Å²) in [5, 5.41) is 0.773. The van der Waals surface area contributed by atoms with Crippen LogP contribution < -0.4 is 4.90 Å². The first-order valence-corrected chi connectivity index (χ1v) is 7.94. The molecule has 4 rings (SSSR count). The fraction of sp³-hybridized carbons (Fsp3) is 0.263. The monoisotopic (exact) mass is 313 g/mol. The normalized spacial score (nSPS) is 18.7. The van der Waals surface area contributed by atoms with E-state index in [-0.39, 0.29) is 11.2 Å². The predicted octanol–water partition coefficient (Wildman–Crippen LogP) is 5.04. The lowest BCUT2D eigenvalue weighted by Crippen LogP contribution is -2.29. The largest absolute Gasteiger partial charge is 0.370 e. The van der Waals surface area contributed by atoms with Crippen LogP contribution in [0.15, 0.2) is 48.0 Å². The van der Waals surface area contributed by atoms with E-state index < -0.39 is 0 Å². The quantitative estimate of drug-likeness (QED) is 0.750. The number of hydrogen-bond acceptors (Lipinski definition) is 1.